The van der Waals surface area contributed by atoms with Gasteiger partial charge in [0.15, 0.2) is 0 Å². The molecule has 1 unspecified atom stereocenters. The number of hydrogen-bond acceptors (Lipinski definition) is 2. The van der Waals surface area contributed by atoms with Crippen LogP contribution in [0.15, 0.2) is 46.9 Å². The van der Waals surface area contributed by atoms with Gasteiger partial charge in [-0.2, -0.15) is 0 Å². The fourth-order valence-electron chi connectivity index (χ4n) is 2.89. The van der Waals surface area contributed by atoms with Crippen LogP contribution >= 0.6 is 15.9 Å². The number of hydrogen-bond donors (Lipinski definition) is 1. The molecule has 3 heteroatoms. The van der Waals surface area contributed by atoms with Crippen LogP contribution in [0.1, 0.15) is 18.1 Å². The van der Waals surface area contributed by atoms with Crippen LogP contribution in [-0.2, 0) is 13.0 Å². The fourth-order valence-corrected chi connectivity index (χ4v) is 3.29. The van der Waals surface area contributed by atoms with Gasteiger partial charge >= 0.3 is 0 Å². The third kappa shape index (κ3) is 2.17. The van der Waals surface area contributed by atoms with Crippen molar-refractivity contribution >= 4 is 27.3 Å². The summed E-state index contributed by atoms with van der Waals surface area (Å²) in [6, 6.07) is 15.5. The first-order chi connectivity index (χ1) is 9.20. The van der Waals surface area contributed by atoms with Crippen LogP contribution in [0.2, 0.25) is 0 Å². The largest absolute Gasteiger partial charge is 0.338 e. The Balaban J connectivity index is 2.12. The molecule has 19 heavy (non-hydrogen) atoms. The van der Waals surface area contributed by atoms with Gasteiger partial charge in [0.1, 0.15) is 0 Å². The van der Waals surface area contributed by atoms with E-state index in [2.05, 4.69) is 70.2 Å². The van der Waals surface area contributed by atoms with E-state index in [1.54, 1.807) is 0 Å². The van der Waals surface area contributed by atoms with E-state index in [0.717, 1.165) is 10.9 Å². The van der Waals surface area contributed by atoms with Crippen LogP contribution < -0.4 is 10.6 Å². The van der Waals surface area contributed by atoms with Crippen molar-refractivity contribution in [3.63, 3.8) is 0 Å². The van der Waals surface area contributed by atoms with Gasteiger partial charge in [-0.05, 0) is 48.7 Å². The minimum Gasteiger partial charge on any atom is -0.338 e. The summed E-state index contributed by atoms with van der Waals surface area (Å²) in [5, 5.41) is 0. The van der Waals surface area contributed by atoms with Gasteiger partial charge in [-0.3, -0.25) is 0 Å². The summed E-state index contributed by atoms with van der Waals surface area (Å²) >= 11 is 3.52. The number of rotatable bonds is 2. The number of benzene rings is 2. The average molecular weight is 317 g/mol. The molecule has 0 saturated heterocycles. The van der Waals surface area contributed by atoms with Crippen LogP contribution in [0.4, 0.5) is 11.4 Å². The van der Waals surface area contributed by atoms with Crippen LogP contribution in [0.25, 0.3) is 0 Å². The average Bonchev–Trinajstić information content (AvgIpc) is 2.74. The zero-order valence-electron chi connectivity index (χ0n) is 10.9. The highest BCUT2D eigenvalue weighted by atomic mass is 79.9. The van der Waals surface area contributed by atoms with Crippen molar-refractivity contribution in [2.75, 3.05) is 4.90 Å². The van der Waals surface area contributed by atoms with Gasteiger partial charge in [-0.25, -0.2) is 0 Å². The van der Waals surface area contributed by atoms with Crippen molar-refractivity contribution in [2.24, 2.45) is 5.73 Å². The molecule has 0 fully saturated rings. The second kappa shape index (κ2) is 4.99. The Morgan fingerprint density at radius 3 is 2.79 bits per heavy atom. The van der Waals surface area contributed by atoms with E-state index in [-0.39, 0.29) is 0 Å². The summed E-state index contributed by atoms with van der Waals surface area (Å²) in [5.41, 5.74) is 11.0. The van der Waals surface area contributed by atoms with Gasteiger partial charge in [0.2, 0.25) is 0 Å². The summed E-state index contributed by atoms with van der Waals surface area (Å²) in [6.07, 6.45) is 1.09. The number of fused-ring (bicyclic) bond motifs is 1. The quantitative estimate of drug-likeness (QED) is 0.907. The minimum absolute atomic E-state index is 0.476. The zero-order chi connectivity index (χ0) is 13.4. The van der Waals surface area contributed by atoms with Crippen LogP contribution in [0.5, 0.6) is 0 Å². The maximum Gasteiger partial charge on any atom is 0.0459 e. The second-order valence-electron chi connectivity index (χ2n) is 5.03. The summed E-state index contributed by atoms with van der Waals surface area (Å²) in [6.45, 7) is 2.82. The smallest absolute Gasteiger partial charge is 0.0459 e. The Labute approximate surface area is 122 Å². The molecule has 1 aliphatic rings. The predicted octanol–water partition coefficient (Wildman–Crippen LogP) is 3.99. The Hall–Kier alpha value is -1.32. The summed E-state index contributed by atoms with van der Waals surface area (Å²) < 4.78 is 1.08. The number of anilines is 2. The van der Waals surface area contributed by atoms with Crippen molar-refractivity contribution < 1.29 is 0 Å². The van der Waals surface area contributed by atoms with Gasteiger partial charge in [-0.15, -0.1) is 0 Å². The molecular formula is C16H17BrN2. The second-order valence-corrected chi connectivity index (χ2v) is 5.94. The van der Waals surface area contributed by atoms with E-state index >= 15 is 0 Å². The van der Waals surface area contributed by atoms with Gasteiger partial charge in [0.25, 0.3) is 0 Å². The molecule has 1 heterocycles. The third-order valence-corrected chi connectivity index (χ3v) is 4.22. The van der Waals surface area contributed by atoms with Crippen LogP contribution in [0, 0.1) is 0 Å². The van der Waals surface area contributed by atoms with Gasteiger partial charge in [0.05, 0.1) is 0 Å². The third-order valence-electron chi connectivity index (χ3n) is 3.73. The summed E-state index contributed by atoms with van der Waals surface area (Å²) in [7, 11) is 0. The van der Waals surface area contributed by atoms with Crippen LogP contribution in [-0.4, -0.2) is 6.04 Å². The Morgan fingerprint density at radius 2 is 2.00 bits per heavy atom. The Bertz CT molecular complexity index is 609. The molecule has 0 aliphatic carbocycles. The monoisotopic (exact) mass is 316 g/mol. The van der Waals surface area contributed by atoms with Gasteiger partial charge in [-0.1, -0.05) is 34.1 Å². The van der Waals surface area contributed by atoms with Crippen molar-refractivity contribution in [3.8, 4) is 0 Å². The maximum absolute atomic E-state index is 5.91. The first-order valence-corrected chi connectivity index (χ1v) is 7.35. The highest BCUT2D eigenvalue weighted by molar-refractivity contribution is 9.10. The summed E-state index contributed by atoms with van der Waals surface area (Å²) in [5.74, 6) is 0. The normalized spacial score (nSPS) is 17.6. The van der Waals surface area contributed by atoms with E-state index < -0.39 is 0 Å². The van der Waals surface area contributed by atoms with Gasteiger partial charge in [0, 0.05) is 28.4 Å². The molecule has 2 aromatic rings. The van der Waals surface area contributed by atoms with Crippen molar-refractivity contribution in [3.05, 3.63) is 58.1 Å². The molecule has 2 aromatic carbocycles. The molecule has 0 amide bonds. The van der Waals surface area contributed by atoms with E-state index in [4.69, 9.17) is 5.73 Å². The lowest BCUT2D eigenvalue weighted by Gasteiger charge is -2.27. The number of nitrogens with zero attached hydrogens (tertiary/aromatic N) is 1. The van der Waals surface area contributed by atoms with E-state index in [9.17, 15) is 0 Å². The maximum atomic E-state index is 5.91. The van der Waals surface area contributed by atoms with E-state index in [0.29, 0.717) is 12.6 Å². The molecule has 2 nitrogen and oxygen atoms in total. The van der Waals surface area contributed by atoms with Crippen molar-refractivity contribution in [1.82, 2.24) is 0 Å². The highest BCUT2D eigenvalue weighted by Crippen LogP contribution is 2.40. The number of para-hydroxylation sites is 1. The molecule has 98 valence electrons. The zero-order valence-corrected chi connectivity index (χ0v) is 12.5. The highest BCUT2D eigenvalue weighted by Gasteiger charge is 2.27. The molecule has 1 aliphatic heterocycles. The molecule has 2 N–H and O–H groups in total. The lowest BCUT2D eigenvalue weighted by molar-refractivity contribution is 0.755. The predicted molar refractivity (Wildman–Crippen MR) is 83.8 cm³/mol. The molecular weight excluding hydrogens is 300 g/mol. The standard InChI is InChI=1S/C16H17BrN2/c1-11-8-12-4-2-3-5-15(12)19(11)16-7-6-14(17)9-13(16)10-18/h2-7,9,11H,8,10,18H2,1H3. The molecule has 0 bridgehead atoms. The topological polar surface area (TPSA) is 29.3 Å². The molecule has 3 rings (SSSR count). The molecule has 0 radical (unpaired) electrons. The Kier molecular flexibility index (Phi) is 3.33. The van der Waals surface area contributed by atoms with E-state index in [1.807, 2.05) is 0 Å². The van der Waals surface area contributed by atoms with E-state index in [1.165, 1.54) is 22.5 Å². The molecule has 0 aromatic heterocycles. The van der Waals surface area contributed by atoms with Crippen LogP contribution in [0.3, 0.4) is 0 Å². The first-order valence-electron chi connectivity index (χ1n) is 6.56. The SMILES string of the molecule is CC1Cc2ccccc2N1c1ccc(Br)cc1CN. The fraction of sp³-hybridized carbons (Fsp3) is 0.250. The van der Waals surface area contributed by atoms with Crippen molar-refractivity contribution in [1.29, 1.82) is 0 Å². The number of nitrogens with two attached hydrogens (primary N) is 1. The molecule has 0 spiro atoms. The first kappa shape index (κ1) is 12.7. The summed E-state index contributed by atoms with van der Waals surface area (Å²) in [4.78, 5) is 2.41. The number of halogens is 1. The lowest BCUT2D eigenvalue weighted by atomic mass is 10.1. The molecule has 1 atom stereocenters. The van der Waals surface area contributed by atoms with Crippen molar-refractivity contribution in [2.45, 2.75) is 25.9 Å². The Morgan fingerprint density at radius 1 is 1.21 bits per heavy atom. The molecule has 0 saturated carbocycles. The minimum atomic E-state index is 0.476. The lowest BCUT2D eigenvalue weighted by Crippen LogP contribution is -2.25. The van der Waals surface area contributed by atoms with Gasteiger partial charge < -0.3 is 10.6 Å².